The summed E-state index contributed by atoms with van der Waals surface area (Å²) in [5.41, 5.74) is 2.00. The van der Waals surface area contributed by atoms with Crippen LogP contribution >= 0.6 is 0 Å². The molecular formula is C15H19FO2. The van der Waals surface area contributed by atoms with Crippen molar-refractivity contribution in [3.05, 3.63) is 35.4 Å². The Labute approximate surface area is 107 Å². The van der Waals surface area contributed by atoms with Crippen LogP contribution < -0.4 is 0 Å². The fourth-order valence-electron chi connectivity index (χ4n) is 2.60. The molecule has 1 aromatic rings. The van der Waals surface area contributed by atoms with Crippen molar-refractivity contribution < 1.29 is 14.3 Å². The van der Waals surface area contributed by atoms with Gasteiger partial charge >= 0.3 is 5.97 Å². The van der Waals surface area contributed by atoms with Gasteiger partial charge in [-0.25, -0.2) is 4.39 Å². The van der Waals surface area contributed by atoms with E-state index < -0.39 is 12.1 Å². The van der Waals surface area contributed by atoms with E-state index in [2.05, 4.69) is 0 Å². The van der Waals surface area contributed by atoms with Crippen LogP contribution in [0.25, 0.3) is 0 Å². The Hall–Kier alpha value is -1.38. The van der Waals surface area contributed by atoms with Gasteiger partial charge in [-0.15, -0.1) is 0 Å². The third-order valence-corrected chi connectivity index (χ3v) is 3.54. The molecule has 0 aromatic heterocycles. The summed E-state index contributed by atoms with van der Waals surface area (Å²) >= 11 is 0. The zero-order valence-electron chi connectivity index (χ0n) is 10.6. The molecule has 1 aromatic carbocycles. The Morgan fingerprint density at radius 3 is 2.67 bits per heavy atom. The van der Waals surface area contributed by atoms with Crippen LogP contribution in [0.2, 0.25) is 0 Å². The summed E-state index contributed by atoms with van der Waals surface area (Å²) in [5.74, 6) is -0.246. The molecule has 2 unspecified atom stereocenters. The maximum atomic E-state index is 13.2. The molecule has 0 amide bonds. The smallest absolute Gasteiger partial charge is 0.303 e. The molecule has 1 N–H and O–H groups in total. The molecule has 18 heavy (non-hydrogen) atoms. The molecule has 1 aliphatic carbocycles. The summed E-state index contributed by atoms with van der Waals surface area (Å²) in [5, 5.41) is 9.02. The summed E-state index contributed by atoms with van der Waals surface area (Å²) in [6, 6.07) is 7.69. The van der Waals surface area contributed by atoms with E-state index in [9.17, 15) is 9.18 Å². The van der Waals surface area contributed by atoms with Crippen molar-refractivity contribution in [1.82, 2.24) is 0 Å². The highest BCUT2D eigenvalue weighted by atomic mass is 19.1. The van der Waals surface area contributed by atoms with Gasteiger partial charge in [0.15, 0.2) is 0 Å². The van der Waals surface area contributed by atoms with Crippen LogP contribution in [-0.4, -0.2) is 17.2 Å². The quantitative estimate of drug-likeness (QED) is 0.838. The van der Waals surface area contributed by atoms with Gasteiger partial charge in [0.05, 0.1) is 6.42 Å². The Bertz CT molecular complexity index is 424. The van der Waals surface area contributed by atoms with Gasteiger partial charge in [0.25, 0.3) is 0 Å². The first-order valence-corrected chi connectivity index (χ1v) is 6.51. The summed E-state index contributed by atoms with van der Waals surface area (Å²) < 4.78 is 13.2. The second kappa shape index (κ2) is 5.51. The highest BCUT2D eigenvalue weighted by Crippen LogP contribution is 2.45. The van der Waals surface area contributed by atoms with Crippen molar-refractivity contribution in [3.8, 4) is 0 Å². The summed E-state index contributed by atoms with van der Waals surface area (Å²) in [7, 11) is 0. The van der Waals surface area contributed by atoms with Crippen molar-refractivity contribution in [1.29, 1.82) is 0 Å². The van der Waals surface area contributed by atoms with E-state index >= 15 is 0 Å². The molecule has 2 nitrogen and oxygen atoms in total. The molecule has 0 heterocycles. The number of carbonyl (C=O) groups is 1. The molecule has 2 atom stereocenters. The van der Waals surface area contributed by atoms with Gasteiger partial charge in [-0.2, -0.15) is 0 Å². The van der Waals surface area contributed by atoms with Crippen molar-refractivity contribution in [2.75, 3.05) is 0 Å². The Kier molecular flexibility index (Phi) is 4.00. The zero-order chi connectivity index (χ0) is 13.1. The number of hydrogen-bond acceptors (Lipinski definition) is 1. The first-order chi connectivity index (χ1) is 8.58. The lowest BCUT2D eigenvalue weighted by Crippen LogP contribution is -2.12. The van der Waals surface area contributed by atoms with Gasteiger partial charge in [-0.05, 0) is 42.7 Å². The average Bonchev–Trinajstić information content (AvgIpc) is 3.09. The Morgan fingerprint density at radius 2 is 2.11 bits per heavy atom. The molecule has 0 radical (unpaired) electrons. The topological polar surface area (TPSA) is 37.3 Å². The number of halogens is 1. The van der Waals surface area contributed by atoms with Gasteiger partial charge in [0.1, 0.15) is 6.17 Å². The van der Waals surface area contributed by atoms with E-state index in [1.807, 2.05) is 24.3 Å². The van der Waals surface area contributed by atoms with Crippen LogP contribution in [0.15, 0.2) is 24.3 Å². The average molecular weight is 250 g/mol. The van der Waals surface area contributed by atoms with E-state index in [-0.39, 0.29) is 12.3 Å². The number of rotatable bonds is 6. The Morgan fingerprint density at radius 1 is 1.44 bits per heavy atom. The monoisotopic (exact) mass is 250 g/mol. The molecule has 98 valence electrons. The molecule has 2 rings (SSSR count). The van der Waals surface area contributed by atoms with Crippen molar-refractivity contribution in [2.24, 2.45) is 5.92 Å². The first-order valence-electron chi connectivity index (χ1n) is 6.51. The number of carboxylic acids is 1. The number of hydrogen-bond donors (Lipinski definition) is 1. The van der Waals surface area contributed by atoms with Crippen LogP contribution in [0.1, 0.15) is 43.2 Å². The van der Waals surface area contributed by atoms with E-state index in [1.54, 1.807) is 6.92 Å². The molecular weight excluding hydrogens is 231 g/mol. The van der Waals surface area contributed by atoms with E-state index in [0.717, 1.165) is 24.0 Å². The predicted molar refractivity (Wildman–Crippen MR) is 68.4 cm³/mol. The highest BCUT2D eigenvalue weighted by molar-refractivity contribution is 5.68. The maximum Gasteiger partial charge on any atom is 0.303 e. The number of alkyl halides is 1. The van der Waals surface area contributed by atoms with Crippen LogP contribution in [0.4, 0.5) is 4.39 Å². The van der Waals surface area contributed by atoms with Crippen molar-refractivity contribution >= 4 is 5.97 Å². The molecule has 0 aliphatic heterocycles. The van der Waals surface area contributed by atoms with Crippen molar-refractivity contribution in [2.45, 2.75) is 44.7 Å². The minimum Gasteiger partial charge on any atom is -0.481 e. The normalized spacial score (nSPS) is 18.3. The summed E-state index contributed by atoms with van der Waals surface area (Å²) in [4.78, 5) is 11.0. The lowest BCUT2D eigenvalue weighted by Gasteiger charge is -2.19. The maximum absolute atomic E-state index is 13.2. The number of carboxylic acid groups (broad SMARTS) is 1. The first kappa shape index (κ1) is 13.1. The van der Waals surface area contributed by atoms with Gasteiger partial charge in [-0.1, -0.05) is 24.3 Å². The molecule has 0 saturated heterocycles. The van der Waals surface area contributed by atoms with Gasteiger partial charge < -0.3 is 5.11 Å². The summed E-state index contributed by atoms with van der Waals surface area (Å²) in [6.45, 7) is 1.54. The van der Waals surface area contributed by atoms with Crippen LogP contribution in [0, 0.1) is 5.92 Å². The van der Waals surface area contributed by atoms with Gasteiger partial charge in [0.2, 0.25) is 0 Å². The van der Waals surface area contributed by atoms with Crippen LogP contribution in [0.3, 0.4) is 0 Å². The third-order valence-electron chi connectivity index (χ3n) is 3.54. The largest absolute Gasteiger partial charge is 0.481 e. The molecule has 1 aliphatic rings. The lowest BCUT2D eigenvalue weighted by atomic mass is 9.86. The second-order valence-electron chi connectivity index (χ2n) is 5.23. The van der Waals surface area contributed by atoms with Gasteiger partial charge in [0, 0.05) is 6.42 Å². The highest BCUT2D eigenvalue weighted by Gasteiger charge is 2.34. The Balaban J connectivity index is 2.25. The fraction of sp³-hybridized carbons (Fsp3) is 0.533. The molecule has 0 bridgehead atoms. The van der Waals surface area contributed by atoms with Crippen molar-refractivity contribution in [3.63, 3.8) is 0 Å². The van der Waals surface area contributed by atoms with Crippen LogP contribution in [-0.2, 0) is 11.2 Å². The number of aliphatic carboxylic acids is 1. The predicted octanol–water partition coefficient (Wildman–Crippen LogP) is 3.56. The SMILES string of the molecule is CC(F)Cc1ccccc1C(CC(=O)O)C1CC1. The van der Waals surface area contributed by atoms with E-state index in [4.69, 9.17) is 5.11 Å². The van der Waals surface area contributed by atoms with Gasteiger partial charge in [-0.3, -0.25) is 4.79 Å². The number of benzene rings is 1. The second-order valence-corrected chi connectivity index (χ2v) is 5.23. The summed E-state index contributed by atoms with van der Waals surface area (Å²) in [6.07, 6.45) is 1.83. The zero-order valence-corrected chi connectivity index (χ0v) is 10.6. The molecule has 0 spiro atoms. The minimum atomic E-state index is -0.893. The molecule has 3 heteroatoms. The molecule has 1 fully saturated rings. The third kappa shape index (κ3) is 3.31. The lowest BCUT2D eigenvalue weighted by molar-refractivity contribution is -0.137. The molecule has 1 saturated carbocycles. The van der Waals surface area contributed by atoms with E-state index in [0.29, 0.717) is 12.3 Å². The van der Waals surface area contributed by atoms with E-state index in [1.165, 1.54) is 0 Å². The van der Waals surface area contributed by atoms with Crippen LogP contribution in [0.5, 0.6) is 0 Å². The minimum absolute atomic E-state index is 0.0532. The fourth-order valence-corrected chi connectivity index (χ4v) is 2.60. The standard InChI is InChI=1S/C15H19FO2/c1-10(16)8-12-4-2-3-5-13(12)14(9-15(17)18)11-6-7-11/h2-5,10-11,14H,6-9H2,1H3,(H,17,18).